The van der Waals surface area contributed by atoms with Crippen LogP contribution in [0.1, 0.15) is 38.5 Å². The monoisotopic (exact) mass is 909 g/mol. The molecule has 356 valence electrons. The van der Waals surface area contributed by atoms with Crippen LogP contribution in [0.3, 0.4) is 0 Å². The van der Waals surface area contributed by atoms with E-state index < -0.39 is 36.0 Å². The predicted molar refractivity (Wildman–Crippen MR) is 245 cm³/mol. The number of piperazine rings is 1. The van der Waals surface area contributed by atoms with Crippen molar-refractivity contribution in [3.63, 3.8) is 0 Å². The molecule has 0 aromatic carbocycles. The van der Waals surface area contributed by atoms with Gasteiger partial charge in [-0.15, -0.1) is 11.8 Å². The lowest BCUT2D eigenvalue weighted by Gasteiger charge is -2.29. The molecule has 8 N–H and O–H groups in total. The lowest BCUT2D eigenvalue weighted by molar-refractivity contribution is -0.155. The topological polar surface area (TPSA) is 236 Å². The van der Waals surface area contributed by atoms with E-state index in [1.54, 1.807) is 0 Å². The Morgan fingerprint density at radius 1 is 0.672 bits per heavy atom. The van der Waals surface area contributed by atoms with Crippen LogP contribution in [0.5, 0.6) is 0 Å². The van der Waals surface area contributed by atoms with Gasteiger partial charge >= 0.3 is 23.9 Å². The molecule has 0 radical (unpaired) electrons. The Balaban J connectivity index is 0.000000368. The maximum Gasteiger partial charge on any atom is 0.334 e. The second-order valence-electron chi connectivity index (χ2n) is 16.8. The summed E-state index contributed by atoms with van der Waals surface area (Å²) in [4.78, 5) is 54.7. The fourth-order valence-electron chi connectivity index (χ4n) is 6.89. The number of rotatable bonds is 7. The van der Waals surface area contributed by atoms with Crippen molar-refractivity contribution in [2.24, 2.45) is 17.6 Å². The number of carboxylic acid groups (broad SMARTS) is 4. The van der Waals surface area contributed by atoms with Crippen molar-refractivity contribution >= 4 is 47.4 Å². The number of likely N-dealkylation sites (N-methyl/N-ethyl adjacent to an activating group) is 2. The van der Waals surface area contributed by atoms with Crippen LogP contribution in [0.2, 0.25) is 0 Å². The van der Waals surface area contributed by atoms with Crippen LogP contribution in [0.25, 0.3) is 0 Å². The Bertz CT molecular complexity index is 1180. The molecule has 20 heteroatoms. The van der Waals surface area contributed by atoms with Crippen LogP contribution in [0, 0.1) is 11.8 Å². The Morgan fingerprint density at radius 2 is 1.23 bits per heavy atom. The number of piperidine rings is 2. The number of ether oxygens (including phenoxy) is 1. The molecule has 6 aliphatic heterocycles. The number of hydrogen-bond acceptors (Lipinski definition) is 16. The number of nitrogens with two attached hydrogens (primary N) is 1. The number of hydrogen-bond donors (Lipinski definition) is 7. The minimum absolute atomic E-state index is 0.209. The minimum Gasteiger partial charge on any atom is -0.513 e. The van der Waals surface area contributed by atoms with Gasteiger partial charge in [0, 0.05) is 69.8 Å². The number of aliphatic hydroxyl groups excluding tert-OH is 1. The maximum atomic E-state index is 10.5. The number of thioether (sulfide) groups is 2. The van der Waals surface area contributed by atoms with Crippen LogP contribution in [-0.4, -0.2) is 253 Å². The van der Waals surface area contributed by atoms with Crippen LogP contribution >= 0.6 is 23.5 Å². The Hall–Kier alpha value is -2.24. The van der Waals surface area contributed by atoms with E-state index in [0.717, 1.165) is 83.8 Å². The molecule has 0 aliphatic carbocycles. The quantitative estimate of drug-likeness (QED) is 0.177. The van der Waals surface area contributed by atoms with E-state index in [1.165, 1.54) is 42.8 Å². The number of aliphatic carboxylic acids is 4. The van der Waals surface area contributed by atoms with Crippen molar-refractivity contribution in [2.75, 3.05) is 151 Å². The third-order valence-electron chi connectivity index (χ3n) is 11.1. The molecule has 4 atom stereocenters. The summed E-state index contributed by atoms with van der Waals surface area (Å²) in [6, 6.07) is -1.05. The molecule has 6 rings (SSSR count). The summed E-state index contributed by atoms with van der Waals surface area (Å²) < 4.78 is 4.97. The first-order valence-electron chi connectivity index (χ1n) is 21.5. The highest BCUT2D eigenvalue weighted by atomic mass is 32.2. The van der Waals surface area contributed by atoms with Gasteiger partial charge in [-0.05, 0) is 125 Å². The van der Waals surface area contributed by atoms with E-state index in [9.17, 15) is 19.2 Å². The van der Waals surface area contributed by atoms with Gasteiger partial charge in [-0.25, -0.2) is 4.79 Å². The van der Waals surface area contributed by atoms with E-state index in [1.807, 2.05) is 30.9 Å². The molecule has 6 aliphatic rings. The molecule has 61 heavy (non-hydrogen) atoms. The van der Waals surface area contributed by atoms with E-state index in [2.05, 4.69) is 64.4 Å². The molecule has 18 nitrogen and oxygen atoms in total. The molecule has 0 bridgehead atoms. The number of nitrogens with one attached hydrogen (secondary N) is 1. The molecular weight excluding hydrogens is 829 g/mol. The molecule has 0 aromatic heterocycles. The van der Waals surface area contributed by atoms with Crippen LogP contribution in [0.15, 0.2) is 12.3 Å². The number of aliphatic hydroxyl groups is 1. The summed E-state index contributed by atoms with van der Waals surface area (Å²) in [5.74, 6) is 1.68. The highest BCUT2D eigenvalue weighted by molar-refractivity contribution is 8.00. The van der Waals surface area contributed by atoms with Crippen molar-refractivity contribution < 1.29 is 49.4 Å². The summed E-state index contributed by atoms with van der Waals surface area (Å²) in [5, 5.41) is 46.1. The van der Waals surface area contributed by atoms with Gasteiger partial charge in [-0.3, -0.25) is 14.4 Å². The molecule has 0 saturated carbocycles. The van der Waals surface area contributed by atoms with Gasteiger partial charge in [0.1, 0.15) is 17.3 Å². The summed E-state index contributed by atoms with van der Waals surface area (Å²) in [7, 11) is 12.2. The molecule has 0 aromatic rings. The Labute approximate surface area is 373 Å². The number of allylic oxidation sites excluding steroid dienone is 1. The van der Waals surface area contributed by atoms with Gasteiger partial charge in [0.15, 0.2) is 6.10 Å². The van der Waals surface area contributed by atoms with E-state index in [0.29, 0.717) is 50.3 Å². The van der Waals surface area contributed by atoms with Gasteiger partial charge in [0.2, 0.25) is 0 Å². The van der Waals surface area contributed by atoms with Crippen molar-refractivity contribution in [1.82, 2.24) is 34.7 Å². The standard InChI is InChI=1S/C9H18N2O2.C8H15NO.C6H12N2O2.C6H11NO3.C6H11NO2S.C6H13NS/c1-11-4-2-7(3-5-11)6-8(10)9(12)13;1-7(10)8-3-5-9(2)6-4-8;1-8-3-2-7-5(4-8)6(9)10;2*1-7-2-3-10-5(4-7)6(8)9;1-7-3-2-5-8-6-4-7/h7-8H,2-6,10H2,1H3,(H,12,13);8,10H,1,3-6H2,2H3;5,7H,2-4H2,1H3,(H,9,10);2*5H,2-4H2,1H3,(H,8,9);2-6H2,1H3. The molecule has 6 fully saturated rings. The first kappa shape index (κ1) is 56.8. The van der Waals surface area contributed by atoms with Crippen LogP contribution in [0.4, 0.5) is 0 Å². The first-order valence-corrected chi connectivity index (χ1v) is 23.7. The highest BCUT2D eigenvalue weighted by Crippen LogP contribution is 2.21. The minimum atomic E-state index is -0.876. The van der Waals surface area contributed by atoms with Gasteiger partial charge in [0.05, 0.1) is 12.4 Å². The SMILES string of the molecule is C=C(O)C1CCN(C)CC1.CN1CCC(CC(N)C(=O)O)CC1.CN1CCCSCC1.CN1CCNC(C(=O)O)C1.CN1CCOC(C(=O)O)C1.CN1CCSC(C(=O)O)C1. The normalized spacial score (nSPS) is 25.9. The number of morpholine rings is 1. The smallest absolute Gasteiger partial charge is 0.334 e. The summed E-state index contributed by atoms with van der Waals surface area (Å²) in [6.07, 6.45) is 5.66. The molecule has 0 spiro atoms. The predicted octanol–water partition coefficient (Wildman–Crippen LogP) is 1.08. The number of nitrogens with zero attached hydrogens (tertiary/aromatic N) is 6. The maximum absolute atomic E-state index is 10.5. The molecule has 4 unspecified atom stereocenters. The molecule has 6 saturated heterocycles. The molecular formula is C41H80N8O10S2. The largest absolute Gasteiger partial charge is 0.513 e. The van der Waals surface area contributed by atoms with E-state index in [4.69, 9.17) is 36.0 Å². The highest BCUT2D eigenvalue weighted by Gasteiger charge is 2.26. The van der Waals surface area contributed by atoms with Crippen LogP contribution in [-0.2, 0) is 23.9 Å². The molecule has 6 heterocycles. The van der Waals surface area contributed by atoms with Gasteiger partial charge < -0.3 is 70.7 Å². The van der Waals surface area contributed by atoms with Crippen molar-refractivity contribution in [1.29, 1.82) is 0 Å². The third-order valence-corrected chi connectivity index (χ3v) is 13.4. The fraction of sp³-hybridized carbons (Fsp3) is 0.854. The zero-order valence-electron chi connectivity index (χ0n) is 37.8. The summed E-state index contributed by atoms with van der Waals surface area (Å²) in [6.45, 7) is 16.3. The van der Waals surface area contributed by atoms with Crippen molar-refractivity contribution in [2.45, 2.75) is 62.0 Å². The second kappa shape index (κ2) is 32.4. The zero-order chi connectivity index (χ0) is 45.9. The summed E-state index contributed by atoms with van der Waals surface area (Å²) >= 11 is 3.61. The lowest BCUT2D eigenvalue weighted by Crippen LogP contribution is -2.52. The van der Waals surface area contributed by atoms with Gasteiger partial charge in [-0.2, -0.15) is 11.8 Å². The van der Waals surface area contributed by atoms with Crippen molar-refractivity contribution in [3.8, 4) is 0 Å². The Kier molecular flexibility index (Phi) is 30.2. The third kappa shape index (κ3) is 27.5. The Morgan fingerprint density at radius 3 is 1.69 bits per heavy atom. The molecule has 0 amide bonds. The number of likely N-dealkylation sites (tertiary alicyclic amines) is 2. The lowest BCUT2D eigenvalue weighted by atomic mass is 9.91. The number of carbonyl (C=O) groups is 4. The van der Waals surface area contributed by atoms with E-state index >= 15 is 0 Å². The first-order chi connectivity index (χ1) is 28.8. The average molecular weight is 909 g/mol. The average Bonchev–Trinajstić information content (AvgIpc) is 3.47. The van der Waals surface area contributed by atoms with Crippen molar-refractivity contribution in [3.05, 3.63) is 12.3 Å². The van der Waals surface area contributed by atoms with E-state index in [-0.39, 0.29) is 11.3 Å². The summed E-state index contributed by atoms with van der Waals surface area (Å²) in [5.41, 5.74) is 5.47. The van der Waals surface area contributed by atoms with Gasteiger partial charge in [0.25, 0.3) is 0 Å². The number of carboxylic acids is 4. The fourth-order valence-corrected chi connectivity index (χ4v) is 9.07. The second-order valence-corrected chi connectivity index (χ2v) is 19.3. The van der Waals surface area contributed by atoms with Crippen LogP contribution < -0.4 is 11.1 Å². The zero-order valence-corrected chi connectivity index (χ0v) is 39.4. The van der Waals surface area contributed by atoms with Gasteiger partial charge in [-0.1, -0.05) is 6.58 Å².